The molecule has 0 fully saturated rings. The van der Waals surface area contributed by atoms with Gasteiger partial charge in [-0.05, 0) is 38.5 Å². The van der Waals surface area contributed by atoms with Gasteiger partial charge in [-0.2, -0.15) is 10.2 Å². The molecule has 0 amide bonds. The average molecular weight is 329 g/mol. The van der Waals surface area contributed by atoms with Gasteiger partial charge in [-0.1, -0.05) is 6.07 Å². The molecule has 0 spiro atoms. The molecular weight excluding hydrogens is 306 g/mol. The van der Waals surface area contributed by atoms with Gasteiger partial charge in [-0.25, -0.2) is 4.68 Å². The van der Waals surface area contributed by atoms with Gasteiger partial charge in [0.05, 0.1) is 24.4 Å². The number of anilines is 2. The van der Waals surface area contributed by atoms with E-state index in [1.54, 1.807) is 31.8 Å². The Kier molecular flexibility index (Phi) is 3.96. The molecule has 3 rings (SSSR count). The minimum absolute atomic E-state index is 0.641. The van der Waals surface area contributed by atoms with Gasteiger partial charge in [0.15, 0.2) is 5.82 Å². The number of fused-ring (bicyclic) bond motifs is 1. The fourth-order valence-electron chi connectivity index (χ4n) is 2.77. The molecule has 0 bridgehead atoms. The van der Waals surface area contributed by atoms with E-state index in [9.17, 15) is 5.11 Å². The lowest BCUT2D eigenvalue weighted by atomic mass is 9.97. The molecule has 0 unspecified atom stereocenters. The number of benzene rings is 1. The summed E-state index contributed by atoms with van der Waals surface area (Å²) in [6, 6.07) is 5.89. The Morgan fingerprint density at radius 2 is 2.08 bits per heavy atom. The quantitative estimate of drug-likeness (QED) is 0.753. The average Bonchev–Trinajstić information content (AvgIpc) is 3.07. The van der Waals surface area contributed by atoms with Crippen LogP contribution in [0.2, 0.25) is 0 Å². The number of nitrogens with one attached hydrogen (secondary N) is 1. The topological polar surface area (TPSA) is 77.1 Å². The van der Waals surface area contributed by atoms with Crippen LogP contribution in [0.3, 0.4) is 0 Å². The minimum Gasteiger partial charge on any atom is -0.480 e. The van der Waals surface area contributed by atoms with Gasteiger partial charge < -0.3 is 15.2 Å². The summed E-state index contributed by atoms with van der Waals surface area (Å²) in [6.07, 6.45) is 1.71. The minimum atomic E-state index is -0.892. The molecule has 7 heteroatoms. The summed E-state index contributed by atoms with van der Waals surface area (Å²) in [5.41, 5.74) is 1.70. The third-order valence-electron chi connectivity index (χ3n) is 4.09. The lowest BCUT2D eigenvalue weighted by Crippen LogP contribution is -2.15. The van der Waals surface area contributed by atoms with Crippen molar-refractivity contribution in [3.8, 4) is 5.88 Å². The van der Waals surface area contributed by atoms with Crippen LogP contribution in [0.15, 0.2) is 24.4 Å². The van der Waals surface area contributed by atoms with Crippen LogP contribution in [0.4, 0.5) is 11.5 Å². The van der Waals surface area contributed by atoms with Crippen LogP contribution in [-0.4, -0.2) is 31.8 Å². The molecule has 2 aromatic heterocycles. The number of aryl methyl sites for hydroxylation is 2. The van der Waals surface area contributed by atoms with Gasteiger partial charge in [0.2, 0.25) is 5.88 Å². The van der Waals surface area contributed by atoms with Crippen molar-refractivity contribution in [2.75, 3.05) is 12.4 Å². The lowest BCUT2D eigenvalue weighted by Gasteiger charge is -2.17. The van der Waals surface area contributed by atoms with Crippen LogP contribution in [0.5, 0.6) is 5.88 Å². The third-order valence-corrected chi connectivity index (χ3v) is 4.09. The van der Waals surface area contributed by atoms with Gasteiger partial charge in [0.25, 0.3) is 0 Å². The highest BCUT2D eigenvalue weighted by molar-refractivity contribution is 5.92. The van der Waals surface area contributed by atoms with Crippen molar-refractivity contribution >= 4 is 22.4 Å². The molecule has 7 nitrogen and oxygen atoms in total. The number of rotatable bonds is 5. The van der Waals surface area contributed by atoms with Crippen LogP contribution >= 0.6 is 0 Å². The van der Waals surface area contributed by atoms with E-state index in [0.717, 1.165) is 34.5 Å². The second-order valence-electron chi connectivity index (χ2n) is 6.27. The molecule has 1 aromatic carbocycles. The third kappa shape index (κ3) is 2.71. The summed E-state index contributed by atoms with van der Waals surface area (Å²) in [5, 5.41) is 23.4. The summed E-state index contributed by atoms with van der Waals surface area (Å²) in [7, 11) is 3.43. The molecular formula is C17H23N5O2. The van der Waals surface area contributed by atoms with Crippen LogP contribution in [-0.2, 0) is 19.2 Å². The zero-order valence-corrected chi connectivity index (χ0v) is 14.7. The molecule has 0 radical (unpaired) electrons. The van der Waals surface area contributed by atoms with E-state index < -0.39 is 5.60 Å². The van der Waals surface area contributed by atoms with E-state index in [1.807, 2.05) is 36.9 Å². The van der Waals surface area contributed by atoms with Crippen molar-refractivity contribution in [3.63, 3.8) is 0 Å². The number of aromatic nitrogens is 4. The predicted octanol–water partition coefficient (Wildman–Crippen LogP) is 2.77. The Bertz CT molecular complexity index is 873. The number of ether oxygens (including phenoxy) is 1. The van der Waals surface area contributed by atoms with Crippen LogP contribution < -0.4 is 10.1 Å². The molecule has 0 aliphatic rings. The van der Waals surface area contributed by atoms with E-state index >= 15 is 0 Å². The number of hydrogen-bond acceptors (Lipinski definition) is 5. The van der Waals surface area contributed by atoms with Crippen LogP contribution in [0, 0.1) is 0 Å². The largest absolute Gasteiger partial charge is 0.480 e. The fraction of sp³-hybridized carbons (Fsp3) is 0.412. The maximum atomic E-state index is 10.3. The molecule has 128 valence electrons. The summed E-state index contributed by atoms with van der Waals surface area (Å²) >= 11 is 0. The number of methoxy groups -OCH3 is 1. The normalized spacial score (nSPS) is 11.9. The zero-order valence-electron chi connectivity index (χ0n) is 14.7. The van der Waals surface area contributed by atoms with Gasteiger partial charge in [0, 0.05) is 19.0 Å². The smallest absolute Gasteiger partial charge is 0.235 e. The van der Waals surface area contributed by atoms with E-state index in [1.165, 1.54) is 0 Å². The molecule has 24 heavy (non-hydrogen) atoms. The van der Waals surface area contributed by atoms with Gasteiger partial charge in [0.1, 0.15) is 5.69 Å². The van der Waals surface area contributed by atoms with E-state index in [4.69, 9.17) is 4.74 Å². The maximum absolute atomic E-state index is 10.3. The first-order valence-electron chi connectivity index (χ1n) is 7.91. The van der Waals surface area contributed by atoms with Crippen molar-refractivity contribution in [2.24, 2.45) is 7.05 Å². The Balaban J connectivity index is 2.09. The summed E-state index contributed by atoms with van der Waals surface area (Å²) in [6.45, 7) is 6.33. The van der Waals surface area contributed by atoms with Gasteiger partial charge in [-0.3, -0.25) is 4.68 Å². The van der Waals surface area contributed by atoms with Gasteiger partial charge >= 0.3 is 0 Å². The number of hydrogen-bond donors (Lipinski definition) is 2. The monoisotopic (exact) mass is 329 g/mol. The van der Waals surface area contributed by atoms with Crippen molar-refractivity contribution < 1.29 is 9.84 Å². The standard InChI is InChI=1S/C17H23N5O2/c1-6-22-14-9-11(17(2,3)23)7-8-12(14)15(20-22)19-13-10-18-21(4)16(13)24-5/h7-10,23H,6H2,1-5H3,(H,19,20). The van der Waals surface area contributed by atoms with Gasteiger partial charge in [-0.15, -0.1) is 0 Å². The summed E-state index contributed by atoms with van der Waals surface area (Å²) < 4.78 is 8.94. The molecule has 0 atom stereocenters. The highest BCUT2D eigenvalue weighted by Crippen LogP contribution is 2.32. The first-order chi connectivity index (χ1) is 11.3. The Labute approximate surface area is 140 Å². The first-order valence-corrected chi connectivity index (χ1v) is 7.91. The van der Waals surface area contributed by atoms with E-state index in [2.05, 4.69) is 15.5 Å². The maximum Gasteiger partial charge on any atom is 0.235 e. The summed E-state index contributed by atoms with van der Waals surface area (Å²) in [4.78, 5) is 0. The van der Waals surface area contributed by atoms with Crippen molar-refractivity contribution in [3.05, 3.63) is 30.0 Å². The first kappa shape index (κ1) is 16.3. The molecule has 3 aromatic rings. The van der Waals surface area contributed by atoms with Crippen molar-refractivity contribution in [2.45, 2.75) is 32.9 Å². The highest BCUT2D eigenvalue weighted by atomic mass is 16.5. The second-order valence-corrected chi connectivity index (χ2v) is 6.27. The Morgan fingerprint density at radius 1 is 1.33 bits per heavy atom. The Morgan fingerprint density at radius 3 is 2.71 bits per heavy atom. The number of nitrogens with zero attached hydrogens (tertiary/aromatic N) is 4. The van der Waals surface area contributed by atoms with Crippen LogP contribution in [0.25, 0.3) is 10.9 Å². The lowest BCUT2D eigenvalue weighted by molar-refractivity contribution is 0.0787. The Hall–Kier alpha value is -2.54. The molecule has 0 saturated carbocycles. The predicted molar refractivity (Wildman–Crippen MR) is 93.7 cm³/mol. The highest BCUT2D eigenvalue weighted by Gasteiger charge is 2.19. The molecule has 0 aliphatic carbocycles. The van der Waals surface area contributed by atoms with E-state index in [0.29, 0.717) is 5.88 Å². The molecule has 0 saturated heterocycles. The van der Waals surface area contributed by atoms with Crippen LogP contribution in [0.1, 0.15) is 26.3 Å². The van der Waals surface area contributed by atoms with E-state index in [-0.39, 0.29) is 0 Å². The molecule has 2 N–H and O–H groups in total. The summed E-state index contributed by atoms with van der Waals surface area (Å²) in [5.74, 6) is 1.38. The SMILES string of the molecule is CCn1nc(Nc2cnn(C)c2OC)c2ccc(C(C)(C)O)cc21. The molecule has 2 heterocycles. The molecule has 0 aliphatic heterocycles. The second kappa shape index (κ2) is 5.83. The van der Waals surface area contributed by atoms with Crippen molar-refractivity contribution in [1.82, 2.24) is 19.6 Å². The van der Waals surface area contributed by atoms with Crippen molar-refractivity contribution in [1.29, 1.82) is 0 Å². The number of aliphatic hydroxyl groups is 1. The zero-order chi connectivity index (χ0) is 17.5. The fourth-order valence-corrected chi connectivity index (χ4v) is 2.77.